The topological polar surface area (TPSA) is 88.5 Å². The van der Waals surface area contributed by atoms with E-state index in [-0.39, 0.29) is 36.8 Å². The number of halogens is 1. The number of nitrogens with zero attached hydrogens (tertiary/aromatic N) is 2. The van der Waals surface area contributed by atoms with Crippen molar-refractivity contribution in [1.29, 1.82) is 0 Å². The molecule has 3 unspecified atom stereocenters. The van der Waals surface area contributed by atoms with Gasteiger partial charge < -0.3 is 24.2 Å². The first-order valence-corrected chi connectivity index (χ1v) is 16.3. The Labute approximate surface area is 271 Å². The number of fused-ring (bicyclic) bond motifs is 1. The predicted octanol–water partition coefficient (Wildman–Crippen LogP) is 6.63. The highest BCUT2D eigenvalue weighted by Gasteiger charge is 2.48. The van der Waals surface area contributed by atoms with Gasteiger partial charge in [0.2, 0.25) is 5.91 Å². The Morgan fingerprint density at radius 3 is 2.48 bits per heavy atom. The molecule has 0 radical (unpaired) electrons. The van der Waals surface area contributed by atoms with Crippen LogP contribution in [-0.4, -0.2) is 67.4 Å². The van der Waals surface area contributed by atoms with E-state index in [0.29, 0.717) is 35.9 Å². The summed E-state index contributed by atoms with van der Waals surface area (Å²) in [5.41, 5.74) is 3.10. The molecule has 1 fully saturated rings. The number of anilines is 1. The van der Waals surface area contributed by atoms with Crippen LogP contribution in [-0.2, 0) is 16.0 Å². The molecule has 1 N–H and O–H groups in total. The number of aryl methyl sites for hydroxylation is 1. The van der Waals surface area contributed by atoms with Gasteiger partial charge in [-0.25, -0.2) is 4.39 Å². The highest BCUT2D eigenvalue weighted by Crippen LogP contribution is 2.41. The number of benzene rings is 3. The second-order valence-corrected chi connectivity index (χ2v) is 12.3. The Morgan fingerprint density at radius 2 is 1.80 bits per heavy atom. The van der Waals surface area contributed by atoms with E-state index >= 15 is 0 Å². The zero-order valence-corrected chi connectivity index (χ0v) is 27.2. The highest BCUT2D eigenvalue weighted by atomic mass is 19.1. The molecule has 3 aromatic rings. The number of carboxylic acid groups (broad SMARTS) is 1. The minimum absolute atomic E-state index is 0.00532. The Bertz CT molecular complexity index is 1520. The van der Waals surface area contributed by atoms with Gasteiger partial charge in [0.15, 0.2) is 11.5 Å². The average Bonchev–Trinajstić information content (AvgIpc) is 3.66. The molecule has 0 saturated carbocycles. The van der Waals surface area contributed by atoms with Crippen molar-refractivity contribution in [3.8, 4) is 17.2 Å². The molecule has 2 aliphatic rings. The summed E-state index contributed by atoms with van der Waals surface area (Å²) in [6.07, 6.45) is 4.15. The van der Waals surface area contributed by atoms with Crippen LogP contribution in [0.3, 0.4) is 0 Å². The molecule has 2 heterocycles. The zero-order valence-electron chi connectivity index (χ0n) is 27.2. The molecule has 1 saturated heterocycles. The highest BCUT2D eigenvalue weighted by molar-refractivity contribution is 5.95. The number of aliphatic carboxylic acids is 1. The Morgan fingerprint density at radius 1 is 1.07 bits per heavy atom. The molecule has 46 heavy (non-hydrogen) atoms. The van der Waals surface area contributed by atoms with Crippen molar-refractivity contribution in [3.05, 3.63) is 83.2 Å². The van der Waals surface area contributed by atoms with Crippen LogP contribution < -0.4 is 19.1 Å². The maximum Gasteiger partial charge on any atom is 0.308 e. The van der Waals surface area contributed by atoms with Crippen molar-refractivity contribution in [2.75, 3.05) is 38.3 Å². The number of carbonyl (C=O) groups excluding carboxylic acids is 1. The first-order valence-electron chi connectivity index (χ1n) is 16.3. The Hall–Kier alpha value is -4.11. The van der Waals surface area contributed by atoms with Gasteiger partial charge >= 0.3 is 5.97 Å². The molecule has 3 aromatic carbocycles. The van der Waals surface area contributed by atoms with Gasteiger partial charge in [0.05, 0.1) is 32.2 Å². The van der Waals surface area contributed by atoms with Gasteiger partial charge in [-0.05, 0) is 72.9 Å². The van der Waals surface area contributed by atoms with Crippen LogP contribution in [0, 0.1) is 18.7 Å². The van der Waals surface area contributed by atoms with Gasteiger partial charge in [-0.15, -0.1) is 0 Å². The Kier molecular flexibility index (Phi) is 10.8. The van der Waals surface area contributed by atoms with Gasteiger partial charge in [-0.3, -0.25) is 14.5 Å². The van der Waals surface area contributed by atoms with Crippen molar-refractivity contribution >= 4 is 17.6 Å². The maximum absolute atomic E-state index is 14.4. The number of methoxy groups -OCH3 is 1. The number of carbonyl (C=O) groups is 2. The Balaban J connectivity index is 1.50. The number of hydrogen-bond donors (Lipinski definition) is 1. The van der Waals surface area contributed by atoms with Crippen LogP contribution in [0.25, 0.3) is 0 Å². The molecule has 0 aromatic heterocycles. The predicted molar refractivity (Wildman–Crippen MR) is 176 cm³/mol. The van der Waals surface area contributed by atoms with Crippen molar-refractivity contribution in [2.45, 2.75) is 70.9 Å². The lowest BCUT2D eigenvalue weighted by molar-refractivity contribution is -0.143. The summed E-state index contributed by atoms with van der Waals surface area (Å²) < 4.78 is 31.8. The van der Waals surface area contributed by atoms with Crippen molar-refractivity contribution in [2.24, 2.45) is 5.92 Å². The normalized spacial score (nSPS) is 19.1. The van der Waals surface area contributed by atoms with Crippen LogP contribution in [0.1, 0.15) is 62.1 Å². The van der Waals surface area contributed by atoms with Gasteiger partial charge in [0.1, 0.15) is 18.2 Å². The fraction of sp³-hybridized carbons (Fsp3) is 0.459. The minimum Gasteiger partial charge on any atom is -0.493 e. The van der Waals surface area contributed by atoms with Crippen molar-refractivity contribution in [3.63, 3.8) is 0 Å². The summed E-state index contributed by atoms with van der Waals surface area (Å²) in [6.45, 7) is 6.91. The number of amides is 1. The largest absolute Gasteiger partial charge is 0.493 e. The standard InChI is InChI=1S/C37H45FN2O6/c1-5-9-27(10-6-2)40(28-14-15-30(38)24(3)19-28)35(41)22-39-21-29(25-13-16-32-26(20-25)17-18-45-32)36(37(42)43)31(39)23-46-34-12-8-7-11-33(34)44-4/h7-8,11-16,19-20,27,29,31,36H,5-6,9-10,17-18,21-23H2,1-4H3,(H,42,43). The smallest absolute Gasteiger partial charge is 0.308 e. The summed E-state index contributed by atoms with van der Waals surface area (Å²) in [6, 6.07) is 17.3. The fourth-order valence-corrected chi connectivity index (χ4v) is 7.04. The SMILES string of the molecule is CCCC(CCC)N(C(=O)CN1CC(c2ccc3c(c2)CCO3)C(C(=O)O)C1COc1ccccc1OC)c1ccc(F)c(C)c1. The molecule has 0 spiro atoms. The van der Waals surface area contributed by atoms with Crippen molar-refractivity contribution in [1.82, 2.24) is 4.90 Å². The van der Waals surface area contributed by atoms with Crippen LogP contribution in [0.5, 0.6) is 17.2 Å². The van der Waals surface area contributed by atoms with Crippen molar-refractivity contribution < 1.29 is 33.3 Å². The number of hydrogen-bond acceptors (Lipinski definition) is 6. The van der Waals surface area contributed by atoms with Crippen LogP contribution in [0.2, 0.25) is 0 Å². The summed E-state index contributed by atoms with van der Waals surface area (Å²) in [7, 11) is 1.56. The summed E-state index contributed by atoms with van der Waals surface area (Å²) in [5.74, 6) is -0.715. The van der Waals surface area contributed by atoms with Crippen LogP contribution in [0.4, 0.5) is 10.1 Å². The number of para-hydroxylation sites is 2. The van der Waals surface area contributed by atoms with E-state index in [1.54, 1.807) is 38.3 Å². The zero-order chi connectivity index (χ0) is 32.8. The van der Waals surface area contributed by atoms with Gasteiger partial charge in [-0.2, -0.15) is 0 Å². The molecule has 5 rings (SSSR count). The fourth-order valence-electron chi connectivity index (χ4n) is 7.04. The third kappa shape index (κ3) is 7.15. The number of ether oxygens (including phenoxy) is 3. The van der Waals surface area contributed by atoms with E-state index in [9.17, 15) is 19.1 Å². The number of rotatable bonds is 14. The molecule has 0 aliphatic carbocycles. The average molecular weight is 633 g/mol. The molecular weight excluding hydrogens is 587 g/mol. The van der Waals surface area contributed by atoms with E-state index in [4.69, 9.17) is 14.2 Å². The minimum atomic E-state index is -0.939. The first kappa shape index (κ1) is 33.3. The lowest BCUT2D eigenvalue weighted by atomic mass is 9.84. The molecule has 0 bridgehead atoms. The summed E-state index contributed by atoms with van der Waals surface area (Å²) in [5, 5.41) is 10.7. The molecule has 1 amide bonds. The van der Waals surface area contributed by atoms with E-state index in [1.165, 1.54) is 6.07 Å². The lowest BCUT2D eigenvalue weighted by Crippen LogP contribution is -2.49. The second kappa shape index (κ2) is 15.0. The molecule has 3 atom stereocenters. The molecule has 246 valence electrons. The van der Waals surface area contributed by atoms with Gasteiger partial charge in [-0.1, -0.05) is 51.0 Å². The van der Waals surface area contributed by atoms with E-state index in [0.717, 1.165) is 49.0 Å². The third-order valence-electron chi connectivity index (χ3n) is 9.29. The lowest BCUT2D eigenvalue weighted by Gasteiger charge is -2.35. The third-order valence-corrected chi connectivity index (χ3v) is 9.29. The van der Waals surface area contributed by atoms with E-state index < -0.39 is 17.9 Å². The van der Waals surface area contributed by atoms with Crippen LogP contribution in [0.15, 0.2) is 60.7 Å². The molecular formula is C37H45FN2O6. The van der Waals surface area contributed by atoms with Gasteiger partial charge in [0.25, 0.3) is 0 Å². The van der Waals surface area contributed by atoms with Gasteiger partial charge in [0, 0.05) is 30.6 Å². The molecule has 8 nitrogen and oxygen atoms in total. The maximum atomic E-state index is 14.4. The van der Waals surface area contributed by atoms with E-state index in [1.807, 2.05) is 34.1 Å². The summed E-state index contributed by atoms with van der Waals surface area (Å²) >= 11 is 0. The molecule has 9 heteroatoms. The van der Waals surface area contributed by atoms with Crippen LogP contribution >= 0.6 is 0 Å². The quantitative estimate of drug-likeness (QED) is 0.214. The molecule has 2 aliphatic heterocycles. The number of likely N-dealkylation sites (tertiary alicyclic amines) is 1. The number of carboxylic acids is 1. The van der Waals surface area contributed by atoms with E-state index in [2.05, 4.69) is 19.9 Å². The summed E-state index contributed by atoms with van der Waals surface area (Å²) in [4.78, 5) is 31.3. The first-order chi connectivity index (χ1) is 22.2. The monoisotopic (exact) mass is 632 g/mol. The second-order valence-electron chi connectivity index (χ2n) is 12.3.